The highest BCUT2D eigenvalue weighted by atomic mass is 16.2. The van der Waals surface area contributed by atoms with Gasteiger partial charge in [0, 0.05) is 44.1 Å². The third-order valence-electron chi connectivity index (χ3n) is 7.22. The minimum absolute atomic E-state index is 0.0639. The molecule has 2 aromatic rings. The second-order valence-electron chi connectivity index (χ2n) is 9.49. The molecule has 2 aliphatic heterocycles. The van der Waals surface area contributed by atoms with Crippen LogP contribution in [0.15, 0.2) is 36.7 Å². The Morgan fingerprint density at radius 3 is 2.64 bits per heavy atom. The van der Waals surface area contributed by atoms with Gasteiger partial charge in [-0.2, -0.15) is 5.26 Å². The minimum Gasteiger partial charge on any atom is -0.369 e. The van der Waals surface area contributed by atoms with Crippen molar-refractivity contribution in [2.45, 2.75) is 32.1 Å². The fourth-order valence-corrected chi connectivity index (χ4v) is 5.03. The average Bonchev–Trinajstić information content (AvgIpc) is 3.61. The zero-order valence-electron chi connectivity index (χ0n) is 19.2. The molecule has 172 valence electrons. The fraction of sp³-hybridized carbons (Fsp3) is 0.520. The lowest BCUT2D eigenvalue weighted by molar-refractivity contribution is -0.123. The van der Waals surface area contributed by atoms with Crippen molar-refractivity contribution < 1.29 is 4.79 Å². The summed E-state index contributed by atoms with van der Waals surface area (Å²) in [4.78, 5) is 28.6. The van der Waals surface area contributed by atoms with Crippen LogP contribution in [0, 0.1) is 22.7 Å². The van der Waals surface area contributed by atoms with Gasteiger partial charge in [0.05, 0.1) is 18.0 Å². The number of likely N-dealkylation sites (N-methyl/N-ethyl adjacent to an activating group) is 1. The molecule has 1 atom stereocenters. The molecule has 3 fully saturated rings. The summed E-state index contributed by atoms with van der Waals surface area (Å²) in [6, 6.07) is 10.1. The van der Waals surface area contributed by atoms with Gasteiger partial charge in [0.1, 0.15) is 17.1 Å². The third kappa shape index (κ3) is 4.38. The van der Waals surface area contributed by atoms with Gasteiger partial charge in [0.2, 0.25) is 5.91 Å². The van der Waals surface area contributed by atoms with E-state index in [0.717, 1.165) is 43.9 Å². The van der Waals surface area contributed by atoms with E-state index in [-0.39, 0.29) is 11.8 Å². The van der Waals surface area contributed by atoms with Crippen LogP contribution in [0.5, 0.6) is 0 Å². The first-order valence-corrected chi connectivity index (χ1v) is 11.9. The van der Waals surface area contributed by atoms with Crippen molar-refractivity contribution in [3.8, 4) is 6.07 Å². The lowest BCUT2D eigenvalue weighted by Crippen LogP contribution is -2.37. The van der Waals surface area contributed by atoms with E-state index >= 15 is 0 Å². The molecule has 5 rings (SSSR count). The van der Waals surface area contributed by atoms with Gasteiger partial charge in [0.15, 0.2) is 0 Å². The molecule has 0 aromatic carbocycles. The predicted molar refractivity (Wildman–Crippen MR) is 128 cm³/mol. The Hall–Kier alpha value is -3.18. The van der Waals surface area contributed by atoms with Gasteiger partial charge in [-0.05, 0) is 69.8 Å². The number of rotatable bonds is 5. The second kappa shape index (κ2) is 8.99. The van der Waals surface area contributed by atoms with Crippen LogP contribution in [-0.4, -0.2) is 60.5 Å². The number of nitriles is 1. The van der Waals surface area contributed by atoms with Crippen molar-refractivity contribution in [2.75, 3.05) is 54.9 Å². The lowest BCUT2D eigenvalue weighted by atomic mass is 9.83. The zero-order chi connectivity index (χ0) is 22.8. The topological polar surface area (TPSA) is 88.4 Å². The Morgan fingerprint density at radius 2 is 1.88 bits per heavy atom. The standard InChI is InChI=1S/C25H31N7O/c1-30-11-2-3-12-31(15-14-30)21-6-7-22(28-17-21)29-23-16-20(8-10-27-23)32-13-9-25(18-26,24(32)33)19-4-5-19/h6-8,10,16-17,19H,2-5,9,11-15H2,1H3,(H,27,28,29)/t25-/m1/s1. The summed E-state index contributed by atoms with van der Waals surface area (Å²) in [5.41, 5.74) is 1.07. The summed E-state index contributed by atoms with van der Waals surface area (Å²) in [6.07, 6.45) is 8.57. The smallest absolute Gasteiger partial charge is 0.247 e. The molecule has 0 unspecified atom stereocenters. The van der Waals surface area contributed by atoms with E-state index in [2.05, 4.69) is 44.3 Å². The van der Waals surface area contributed by atoms with Crippen LogP contribution in [0.25, 0.3) is 0 Å². The molecule has 3 aliphatic rings. The number of amides is 1. The lowest BCUT2D eigenvalue weighted by Gasteiger charge is -2.30. The molecule has 1 N–H and O–H groups in total. The Labute approximate surface area is 195 Å². The molecule has 1 aliphatic carbocycles. The monoisotopic (exact) mass is 445 g/mol. The molecule has 0 bridgehead atoms. The molecule has 2 saturated heterocycles. The minimum atomic E-state index is -0.838. The zero-order valence-corrected chi connectivity index (χ0v) is 19.2. The molecule has 0 spiro atoms. The Morgan fingerprint density at radius 1 is 1.03 bits per heavy atom. The molecule has 2 aromatic heterocycles. The van der Waals surface area contributed by atoms with Crippen molar-refractivity contribution in [3.05, 3.63) is 36.7 Å². The quantitative estimate of drug-likeness (QED) is 0.754. The molecule has 8 nitrogen and oxygen atoms in total. The van der Waals surface area contributed by atoms with Gasteiger partial charge >= 0.3 is 0 Å². The first-order valence-electron chi connectivity index (χ1n) is 11.9. The number of hydrogen-bond donors (Lipinski definition) is 1. The number of carbonyl (C=O) groups excluding carboxylic acids is 1. The van der Waals surface area contributed by atoms with E-state index in [1.165, 1.54) is 19.4 Å². The molecular formula is C25H31N7O. The Bertz CT molecular complexity index is 1050. The van der Waals surface area contributed by atoms with Crippen LogP contribution in [0.1, 0.15) is 32.1 Å². The maximum Gasteiger partial charge on any atom is 0.247 e. The van der Waals surface area contributed by atoms with Gasteiger partial charge in [-0.25, -0.2) is 9.97 Å². The van der Waals surface area contributed by atoms with Crippen LogP contribution in [0.3, 0.4) is 0 Å². The van der Waals surface area contributed by atoms with Gasteiger partial charge < -0.3 is 20.0 Å². The number of carbonyl (C=O) groups is 1. The number of anilines is 4. The Balaban J connectivity index is 1.26. The van der Waals surface area contributed by atoms with Crippen molar-refractivity contribution in [2.24, 2.45) is 11.3 Å². The highest BCUT2D eigenvalue weighted by molar-refractivity contribution is 6.02. The van der Waals surface area contributed by atoms with E-state index in [9.17, 15) is 10.1 Å². The molecule has 8 heteroatoms. The molecule has 1 saturated carbocycles. The van der Waals surface area contributed by atoms with Gasteiger partial charge in [0.25, 0.3) is 0 Å². The van der Waals surface area contributed by atoms with Crippen molar-refractivity contribution >= 4 is 28.9 Å². The molecular weight excluding hydrogens is 414 g/mol. The van der Waals surface area contributed by atoms with Crippen LogP contribution in [0.2, 0.25) is 0 Å². The molecule has 33 heavy (non-hydrogen) atoms. The van der Waals surface area contributed by atoms with Crippen LogP contribution < -0.4 is 15.1 Å². The second-order valence-corrected chi connectivity index (χ2v) is 9.49. The molecule has 4 heterocycles. The van der Waals surface area contributed by atoms with E-state index in [4.69, 9.17) is 0 Å². The number of aromatic nitrogens is 2. The largest absolute Gasteiger partial charge is 0.369 e. The van der Waals surface area contributed by atoms with E-state index in [1.54, 1.807) is 11.1 Å². The average molecular weight is 446 g/mol. The third-order valence-corrected chi connectivity index (χ3v) is 7.22. The van der Waals surface area contributed by atoms with Crippen LogP contribution in [-0.2, 0) is 4.79 Å². The Kier molecular flexibility index (Phi) is 5.90. The number of nitrogens with zero attached hydrogens (tertiary/aromatic N) is 6. The predicted octanol–water partition coefficient (Wildman–Crippen LogP) is 3.41. The fourth-order valence-electron chi connectivity index (χ4n) is 5.03. The maximum absolute atomic E-state index is 13.1. The molecule has 0 radical (unpaired) electrons. The van der Waals surface area contributed by atoms with Gasteiger partial charge in [-0.15, -0.1) is 0 Å². The first kappa shape index (κ1) is 21.7. The van der Waals surface area contributed by atoms with Crippen molar-refractivity contribution in [3.63, 3.8) is 0 Å². The van der Waals surface area contributed by atoms with Crippen molar-refractivity contribution in [1.82, 2.24) is 14.9 Å². The maximum atomic E-state index is 13.1. The van der Waals surface area contributed by atoms with Crippen LogP contribution >= 0.6 is 0 Å². The molecule has 1 amide bonds. The number of hydrogen-bond acceptors (Lipinski definition) is 7. The highest BCUT2D eigenvalue weighted by Gasteiger charge is 2.56. The van der Waals surface area contributed by atoms with Gasteiger partial charge in [-0.3, -0.25) is 4.79 Å². The van der Waals surface area contributed by atoms with E-state index in [0.29, 0.717) is 24.6 Å². The number of nitrogens with one attached hydrogen (secondary N) is 1. The van der Waals surface area contributed by atoms with E-state index in [1.807, 2.05) is 24.4 Å². The highest BCUT2D eigenvalue weighted by Crippen LogP contribution is 2.51. The summed E-state index contributed by atoms with van der Waals surface area (Å²) < 4.78 is 0. The normalized spacial score (nSPS) is 24.3. The van der Waals surface area contributed by atoms with Gasteiger partial charge in [-0.1, -0.05) is 0 Å². The summed E-state index contributed by atoms with van der Waals surface area (Å²) in [5, 5.41) is 13.0. The number of pyridine rings is 2. The summed E-state index contributed by atoms with van der Waals surface area (Å²) in [5.74, 6) is 1.50. The van der Waals surface area contributed by atoms with Crippen LogP contribution in [0.4, 0.5) is 23.0 Å². The van der Waals surface area contributed by atoms with E-state index < -0.39 is 5.41 Å². The SMILES string of the molecule is CN1CCCCN(c2ccc(Nc3cc(N4CC[C@@](C#N)(C5CC5)C4=O)ccn3)nc2)CC1. The summed E-state index contributed by atoms with van der Waals surface area (Å²) in [6.45, 7) is 4.86. The van der Waals surface area contributed by atoms with Crippen molar-refractivity contribution in [1.29, 1.82) is 5.26 Å². The summed E-state index contributed by atoms with van der Waals surface area (Å²) in [7, 11) is 2.18. The first-order chi connectivity index (χ1) is 16.1. The summed E-state index contributed by atoms with van der Waals surface area (Å²) >= 11 is 0.